The highest BCUT2D eigenvalue weighted by atomic mass is 35.5. The maximum Gasteiger partial charge on any atom is 0.141 e. The number of halogens is 3. The van der Waals surface area contributed by atoms with Gasteiger partial charge in [-0.25, -0.2) is 9.07 Å². The van der Waals surface area contributed by atoms with Crippen molar-refractivity contribution in [3.8, 4) is 6.07 Å². The topological polar surface area (TPSA) is 108 Å². The molecule has 2 aromatic carbocycles. The Morgan fingerprint density at radius 1 is 1.14 bits per heavy atom. The Balaban J connectivity index is 1.36. The molecule has 0 radical (unpaired) electrons. The number of nitrogens with zero attached hydrogens (tertiary/aromatic N) is 7. The van der Waals surface area contributed by atoms with E-state index in [4.69, 9.17) is 23.2 Å². The fourth-order valence-corrected chi connectivity index (χ4v) is 6.34. The molecule has 6 rings (SSSR count). The second kappa shape index (κ2) is 12.2. The summed E-state index contributed by atoms with van der Waals surface area (Å²) in [5.74, 6) is -0.533. The molecule has 13 heteroatoms. The largest absolute Gasteiger partial charge is 0.372 e. The van der Waals surface area contributed by atoms with Crippen LogP contribution in [0.3, 0.4) is 0 Å². The monoisotopic (exact) mass is 621 g/mol. The van der Waals surface area contributed by atoms with Gasteiger partial charge < -0.3 is 15.5 Å². The average Bonchev–Trinajstić information content (AvgIpc) is 3.72. The Morgan fingerprint density at radius 2 is 1.95 bits per heavy atom. The van der Waals surface area contributed by atoms with Gasteiger partial charge in [0.15, 0.2) is 0 Å². The zero-order valence-electron chi connectivity index (χ0n) is 22.6. The van der Waals surface area contributed by atoms with Gasteiger partial charge in [0.25, 0.3) is 0 Å². The fourth-order valence-electron chi connectivity index (χ4n) is 5.21. The Bertz CT molecular complexity index is 1760. The quantitative estimate of drug-likeness (QED) is 0.187. The summed E-state index contributed by atoms with van der Waals surface area (Å²) in [4.78, 5) is 12.1. The highest BCUT2D eigenvalue weighted by Gasteiger charge is 2.25. The first-order valence-corrected chi connectivity index (χ1v) is 15.1. The summed E-state index contributed by atoms with van der Waals surface area (Å²) in [7, 11) is 0. The molecule has 1 saturated heterocycles. The van der Waals surface area contributed by atoms with Crippen LogP contribution in [-0.4, -0.2) is 49.5 Å². The van der Waals surface area contributed by atoms with E-state index >= 15 is 0 Å². The molecule has 42 heavy (non-hydrogen) atoms. The molecular formula is C29H26Cl2FN9S. The second-order valence-electron chi connectivity index (χ2n) is 10.0. The van der Waals surface area contributed by atoms with E-state index in [1.807, 2.05) is 23.1 Å². The van der Waals surface area contributed by atoms with Crippen LogP contribution in [0.2, 0.25) is 10.0 Å². The van der Waals surface area contributed by atoms with Crippen molar-refractivity contribution in [3.05, 3.63) is 86.4 Å². The van der Waals surface area contributed by atoms with E-state index in [1.54, 1.807) is 17.6 Å². The van der Waals surface area contributed by atoms with Crippen molar-refractivity contribution in [2.24, 2.45) is 0 Å². The first-order valence-electron chi connectivity index (χ1n) is 13.5. The van der Waals surface area contributed by atoms with Crippen LogP contribution < -0.4 is 10.6 Å². The molecule has 1 aliphatic heterocycles. The number of anilines is 3. The number of pyridine rings is 1. The molecule has 214 valence electrons. The molecule has 1 fully saturated rings. The molecular weight excluding hydrogens is 596 g/mol. The Hall–Kier alpha value is -3.82. The first-order chi connectivity index (χ1) is 20.4. The molecule has 9 nitrogen and oxygen atoms in total. The van der Waals surface area contributed by atoms with E-state index < -0.39 is 5.82 Å². The minimum Gasteiger partial charge on any atom is -0.372 e. The van der Waals surface area contributed by atoms with E-state index in [9.17, 15) is 9.65 Å². The smallest absolute Gasteiger partial charge is 0.141 e. The third-order valence-corrected chi connectivity index (χ3v) is 8.90. The zero-order chi connectivity index (χ0) is 29.2. The standard InChI is InChI=1S/C29H26Cl2FN9S/c1-2-40-7-5-20(6-8-40)41-15-25(38-39-41)29(26-14-34-16-42-26)37-19-9-21-27(36-18-3-4-24(32)22(30)10-18)17(12-33)13-35-28(21)23(31)11-19/h3-4,9-11,13-16,20,29,37H,2,5-8H2,1H3,(H,35,36). The third kappa shape index (κ3) is 5.76. The summed E-state index contributed by atoms with van der Waals surface area (Å²) < 4.78 is 15.8. The van der Waals surface area contributed by atoms with E-state index in [0.717, 1.165) is 43.0 Å². The predicted octanol–water partition coefficient (Wildman–Crippen LogP) is 7.20. The van der Waals surface area contributed by atoms with E-state index in [2.05, 4.69) is 48.8 Å². The fraction of sp³-hybridized carbons (Fsp3) is 0.276. The van der Waals surface area contributed by atoms with Gasteiger partial charge in [0.2, 0.25) is 0 Å². The lowest BCUT2D eigenvalue weighted by molar-refractivity contribution is 0.186. The molecule has 5 aromatic rings. The SMILES string of the molecule is CCN1CCC(n2cc(C(Nc3cc(Cl)c4ncc(C#N)c(Nc5ccc(F)c(Cl)c5)c4c3)c3cncs3)nn2)CC1. The zero-order valence-corrected chi connectivity index (χ0v) is 24.9. The van der Waals surface area contributed by atoms with Crippen molar-refractivity contribution in [2.45, 2.75) is 31.8 Å². The molecule has 0 bridgehead atoms. The molecule has 0 saturated carbocycles. The van der Waals surface area contributed by atoms with E-state index in [1.165, 1.54) is 29.7 Å². The summed E-state index contributed by atoms with van der Waals surface area (Å²) in [5.41, 5.74) is 5.04. The number of nitrogens with one attached hydrogen (secondary N) is 2. The van der Waals surface area contributed by atoms with Crippen molar-refractivity contribution in [1.82, 2.24) is 29.9 Å². The number of rotatable bonds is 8. The molecule has 4 heterocycles. The number of aromatic nitrogens is 5. The number of benzene rings is 2. The van der Waals surface area contributed by atoms with Crippen LogP contribution in [0.4, 0.5) is 21.5 Å². The van der Waals surface area contributed by atoms with Crippen molar-refractivity contribution in [3.63, 3.8) is 0 Å². The maximum atomic E-state index is 13.8. The van der Waals surface area contributed by atoms with Crippen LogP contribution in [0.25, 0.3) is 10.9 Å². The minimum atomic E-state index is -0.533. The lowest BCUT2D eigenvalue weighted by atomic mass is 10.1. The van der Waals surface area contributed by atoms with Crippen LogP contribution in [0.5, 0.6) is 0 Å². The molecule has 0 amide bonds. The Kier molecular flexibility index (Phi) is 8.22. The van der Waals surface area contributed by atoms with Gasteiger partial charge in [-0.15, -0.1) is 16.4 Å². The van der Waals surface area contributed by atoms with Gasteiger partial charge in [-0.2, -0.15) is 5.26 Å². The Morgan fingerprint density at radius 3 is 2.67 bits per heavy atom. The van der Waals surface area contributed by atoms with Crippen LogP contribution in [0.15, 0.2) is 54.4 Å². The normalized spacial score (nSPS) is 15.0. The molecule has 1 atom stereocenters. The molecule has 1 aliphatic rings. The van der Waals surface area contributed by atoms with Gasteiger partial charge in [-0.1, -0.05) is 35.3 Å². The van der Waals surface area contributed by atoms with E-state index in [-0.39, 0.29) is 11.1 Å². The number of hydrogen-bond acceptors (Lipinski definition) is 9. The number of nitriles is 1. The average molecular weight is 623 g/mol. The predicted molar refractivity (Wildman–Crippen MR) is 164 cm³/mol. The van der Waals surface area contributed by atoms with Crippen LogP contribution in [0, 0.1) is 17.1 Å². The van der Waals surface area contributed by atoms with Crippen molar-refractivity contribution < 1.29 is 4.39 Å². The highest BCUT2D eigenvalue weighted by Crippen LogP contribution is 2.37. The third-order valence-electron chi connectivity index (χ3n) is 7.48. The minimum absolute atomic E-state index is 0.0337. The highest BCUT2D eigenvalue weighted by molar-refractivity contribution is 7.09. The van der Waals surface area contributed by atoms with Gasteiger partial charge in [0, 0.05) is 42.2 Å². The summed E-state index contributed by atoms with van der Waals surface area (Å²) >= 11 is 14.3. The molecule has 0 aliphatic carbocycles. The van der Waals surface area contributed by atoms with Gasteiger partial charge in [0.05, 0.1) is 49.4 Å². The van der Waals surface area contributed by atoms with Gasteiger partial charge in [-0.05, 0) is 49.7 Å². The lowest BCUT2D eigenvalue weighted by Crippen LogP contribution is -2.34. The number of thiazole rings is 1. The lowest BCUT2D eigenvalue weighted by Gasteiger charge is -2.30. The molecule has 0 spiro atoms. The number of hydrogen-bond donors (Lipinski definition) is 2. The van der Waals surface area contributed by atoms with Gasteiger partial charge in [0.1, 0.15) is 23.6 Å². The molecule has 3 aromatic heterocycles. The maximum absolute atomic E-state index is 13.8. The molecule has 2 N–H and O–H groups in total. The Labute approximate surface area is 255 Å². The number of likely N-dealkylation sites (tertiary alicyclic amines) is 1. The molecule has 1 unspecified atom stereocenters. The van der Waals surface area contributed by atoms with Gasteiger partial charge in [-0.3, -0.25) is 9.97 Å². The van der Waals surface area contributed by atoms with Crippen LogP contribution in [0.1, 0.15) is 48.0 Å². The van der Waals surface area contributed by atoms with Crippen molar-refractivity contribution in [2.75, 3.05) is 30.3 Å². The van der Waals surface area contributed by atoms with Crippen molar-refractivity contribution >= 4 is 62.5 Å². The summed E-state index contributed by atoms with van der Waals surface area (Å²) in [5, 5.41) is 26.7. The first kappa shape index (κ1) is 28.3. The number of fused-ring (bicyclic) bond motifs is 1. The van der Waals surface area contributed by atoms with E-state index in [0.29, 0.717) is 44.6 Å². The summed E-state index contributed by atoms with van der Waals surface area (Å²) in [6.45, 7) is 5.33. The summed E-state index contributed by atoms with van der Waals surface area (Å²) in [6.07, 6.45) is 7.33. The van der Waals surface area contributed by atoms with Crippen LogP contribution in [-0.2, 0) is 0 Å². The number of piperidine rings is 1. The van der Waals surface area contributed by atoms with Gasteiger partial charge >= 0.3 is 0 Å². The summed E-state index contributed by atoms with van der Waals surface area (Å²) in [6, 6.07) is 10.1. The second-order valence-corrected chi connectivity index (χ2v) is 11.8. The van der Waals surface area contributed by atoms with Crippen molar-refractivity contribution in [1.29, 1.82) is 5.26 Å². The van der Waals surface area contributed by atoms with Crippen LogP contribution >= 0.6 is 34.5 Å².